The minimum Gasteiger partial charge on any atom is -0.395 e. The summed E-state index contributed by atoms with van der Waals surface area (Å²) in [6.07, 6.45) is 4.73. The van der Waals surface area contributed by atoms with Gasteiger partial charge < -0.3 is 10.4 Å². The number of hydrogen-bond acceptors (Lipinski definition) is 3. The van der Waals surface area contributed by atoms with Crippen LogP contribution in [0.25, 0.3) is 0 Å². The van der Waals surface area contributed by atoms with Gasteiger partial charge >= 0.3 is 0 Å². The molecule has 0 bridgehead atoms. The van der Waals surface area contributed by atoms with Gasteiger partial charge in [0.1, 0.15) is 0 Å². The molecular weight excluding hydrogens is 252 g/mol. The SMILES string of the molecule is Cc1cccc(NC(=O)CN(CCO)C2CCCC2)c1. The molecule has 0 unspecified atom stereocenters. The van der Waals surface area contributed by atoms with Crippen LogP contribution in [-0.4, -0.2) is 41.7 Å². The molecule has 1 fully saturated rings. The Hall–Kier alpha value is -1.39. The highest BCUT2D eigenvalue weighted by Gasteiger charge is 2.23. The molecule has 1 saturated carbocycles. The molecule has 0 aliphatic heterocycles. The molecule has 0 heterocycles. The van der Waals surface area contributed by atoms with Crippen molar-refractivity contribution in [2.75, 3.05) is 25.0 Å². The molecule has 0 radical (unpaired) electrons. The van der Waals surface area contributed by atoms with Crippen molar-refractivity contribution in [1.29, 1.82) is 0 Å². The molecule has 1 aliphatic rings. The van der Waals surface area contributed by atoms with Crippen LogP contribution in [0.1, 0.15) is 31.2 Å². The van der Waals surface area contributed by atoms with Crippen LogP contribution in [-0.2, 0) is 4.79 Å². The maximum absolute atomic E-state index is 12.1. The molecule has 20 heavy (non-hydrogen) atoms. The minimum absolute atomic E-state index is 0.00375. The van der Waals surface area contributed by atoms with E-state index in [2.05, 4.69) is 10.2 Å². The van der Waals surface area contributed by atoms with Gasteiger partial charge in [-0.2, -0.15) is 0 Å². The molecule has 4 heteroatoms. The average Bonchev–Trinajstić information content (AvgIpc) is 2.92. The summed E-state index contributed by atoms with van der Waals surface area (Å²) in [5.74, 6) is -0.00375. The monoisotopic (exact) mass is 276 g/mol. The van der Waals surface area contributed by atoms with E-state index >= 15 is 0 Å². The highest BCUT2D eigenvalue weighted by atomic mass is 16.3. The summed E-state index contributed by atoms with van der Waals surface area (Å²) in [4.78, 5) is 14.2. The molecule has 0 spiro atoms. The number of rotatable bonds is 6. The van der Waals surface area contributed by atoms with Crippen LogP contribution in [0.5, 0.6) is 0 Å². The zero-order chi connectivity index (χ0) is 14.4. The van der Waals surface area contributed by atoms with Crippen molar-refractivity contribution >= 4 is 11.6 Å². The summed E-state index contributed by atoms with van der Waals surface area (Å²) in [7, 11) is 0. The lowest BCUT2D eigenvalue weighted by Gasteiger charge is -2.27. The van der Waals surface area contributed by atoms with E-state index in [1.807, 2.05) is 31.2 Å². The fourth-order valence-electron chi connectivity index (χ4n) is 2.90. The summed E-state index contributed by atoms with van der Waals surface area (Å²) in [5.41, 5.74) is 1.97. The largest absolute Gasteiger partial charge is 0.395 e. The Balaban J connectivity index is 1.90. The first-order valence-electron chi connectivity index (χ1n) is 7.40. The van der Waals surface area contributed by atoms with Crippen LogP contribution in [0.3, 0.4) is 0 Å². The van der Waals surface area contributed by atoms with E-state index in [1.165, 1.54) is 12.8 Å². The van der Waals surface area contributed by atoms with Crippen LogP contribution in [0.15, 0.2) is 24.3 Å². The summed E-state index contributed by atoms with van der Waals surface area (Å²) in [5, 5.41) is 12.1. The van der Waals surface area contributed by atoms with Crippen molar-refractivity contribution in [1.82, 2.24) is 4.90 Å². The zero-order valence-electron chi connectivity index (χ0n) is 12.1. The highest BCUT2D eigenvalue weighted by molar-refractivity contribution is 5.92. The van der Waals surface area contributed by atoms with Crippen molar-refractivity contribution in [2.24, 2.45) is 0 Å². The van der Waals surface area contributed by atoms with Crippen molar-refractivity contribution in [3.63, 3.8) is 0 Å². The van der Waals surface area contributed by atoms with Gasteiger partial charge in [-0.05, 0) is 37.5 Å². The number of benzene rings is 1. The van der Waals surface area contributed by atoms with Crippen molar-refractivity contribution < 1.29 is 9.90 Å². The van der Waals surface area contributed by atoms with Gasteiger partial charge in [0.2, 0.25) is 5.91 Å². The van der Waals surface area contributed by atoms with Gasteiger partial charge in [0.15, 0.2) is 0 Å². The van der Waals surface area contributed by atoms with E-state index in [4.69, 9.17) is 5.11 Å². The number of anilines is 1. The fraction of sp³-hybridized carbons (Fsp3) is 0.562. The summed E-state index contributed by atoms with van der Waals surface area (Å²) >= 11 is 0. The lowest BCUT2D eigenvalue weighted by molar-refractivity contribution is -0.118. The molecule has 0 atom stereocenters. The molecule has 1 aromatic rings. The second-order valence-corrected chi connectivity index (χ2v) is 5.55. The van der Waals surface area contributed by atoms with Crippen LogP contribution in [0.4, 0.5) is 5.69 Å². The van der Waals surface area contributed by atoms with Crippen molar-refractivity contribution in [3.8, 4) is 0 Å². The van der Waals surface area contributed by atoms with E-state index < -0.39 is 0 Å². The van der Waals surface area contributed by atoms with Crippen LogP contribution >= 0.6 is 0 Å². The number of carbonyl (C=O) groups is 1. The van der Waals surface area contributed by atoms with Gasteiger partial charge in [0, 0.05) is 18.3 Å². The van der Waals surface area contributed by atoms with E-state index in [9.17, 15) is 4.79 Å². The normalized spacial score (nSPS) is 15.8. The maximum atomic E-state index is 12.1. The first-order chi connectivity index (χ1) is 9.69. The predicted octanol–water partition coefficient (Wildman–Crippen LogP) is 2.17. The van der Waals surface area contributed by atoms with E-state index in [0.29, 0.717) is 19.1 Å². The third-order valence-electron chi connectivity index (χ3n) is 3.88. The van der Waals surface area contributed by atoms with Crippen LogP contribution in [0.2, 0.25) is 0 Å². The van der Waals surface area contributed by atoms with Gasteiger partial charge in [-0.3, -0.25) is 9.69 Å². The second-order valence-electron chi connectivity index (χ2n) is 5.55. The number of aliphatic hydroxyl groups is 1. The minimum atomic E-state index is -0.00375. The average molecular weight is 276 g/mol. The quantitative estimate of drug-likeness (QED) is 0.837. The van der Waals surface area contributed by atoms with Gasteiger partial charge in [0.25, 0.3) is 0 Å². The Morgan fingerprint density at radius 1 is 1.40 bits per heavy atom. The first kappa shape index (κ1) is 15.0. The number of aliphatic hydroxyl groups excluding tert-OH is 1. The van der Waals surface area contributed by atoms with Crippen molar-refractivity contribution in [2.45, 2.75) is 38.6 Å². The molecule has 110 valence electrons. The molecule has 0 saturated heterocycles. The zero-order valence-corrected chi connectivity index (χ0v) is 12.1. The predicted molar refractivity (Wildman–Crippen MR) is 80.7 cm³/mol. The topological polar surface area (TPSA) is 52.6 Å². The Bertz CT molecular complexity index is 442. The van der Waals surface area contributed by atoms with Gasteiger partial charge in [0.05, 0.1) is 13.2 Å². The van der Waals surface area contributed by atoms with Gasteiger partial charge in [-0.15, -0.1) is 0 Å². The van der Waals surface area contributed by atoms with Crippen LogP contribution < -0.4 is 5.32 Å². The van der Waals surface area contributed by atoms with E-state index in [0.717, 1.165) is 24.1 Å². The fourth-order valence-corrected chi connectivity index (χ4v) is 2.90. The Morgan fingerprint density at radius 3 is 2.80 bits per heavy atom. The number of hydrogen-bond donors (Lipinski definition) is 2. The molecule has 2 rings (SSSR count). The van der Waals surface area contributed by atoms with E-state index in [1.54, 1.807) is 0 Å². The lowest BCUT2D eigenvalue weighted by atomic mass is 10.2. The molecule has 1 amide bonds. The molecule has 4 nitrogen and oxygen atoms in total. The molecule has 1 aromatic carbocycles. The highest BCUT2D eigenvalue weighted by Crippen LogP contribution is 2.23. The number of aryl methyl sites for hydroxylation is 1. The van der Waals surface area contributed by atoms with Gasteiger partial charge in [-0.25, -0.2) is 0 Å². The Morgan fingerprint density at radius 2 is 2.15 bits per heavy atom. The van der Waals surface area contributed by atoms with E-state index in [-0.39, 0.29) is 12.5 Å². The Kier molecular flexibility index (Phi) is 5.56. The molecule has 1 aliphatic carbocycles. The van der Waals surface area contributed by atoms with Crippen molar-refractivity contribution in [3.05, 3.63) is 29.8 Å². The second kappa shape index (κ2) is 7.41. The third-order valence-corrected chi connectivity index (χ3v) is 3.88. The third kappa shape index (κ3) is 4.32. The van der Waals surface area contributed by atoms with Gasteiger partial charge in [-0.1, -0.05) is 25.0 Å². The maximum Gasteiger partial charge on any atom is 0.238 e. The standard InChI is InChI=1S/C16H24N2O2/c1-13-5-4-6-14(11-13)17-16(20)12-18(9-10-19)15-7-2-3-8-15/h4-6,11,15,19H,2-3,7-10,12H2,1H3,(H,17,20). The molecule has 0 aromatic heterocycles. The lowest BCUT2D eigenvalue weighted by Crippen LogP contribution is -2.41. The number of nitrogens with zero attached hydrogens (tertiary/aromatic N) is 1. The molecular formula is C16H24N2O2. The number of nitrogens with one attached hydrogen (secondary N) is 1. The molecule has 2 N–H and O–H groups in total. The summed E-state index contributed by atoms with van der Waals surface area (Å²) < 4.78 is 0. The number of amides is 1. The summed E-state index contributed by atoms with van der Waals surface area (Å²) in [6.45, 7) is 3.05. The number of carbonyl (C=O) groups excluding carboxylic acids is 1. The first-order valence-corrected chi connectivity index (χ1v) is 7.40. The summed E-state index contributed by atoms with van der Waals surface area (Å²) in [6, 6.07) is 8.26. The van der Waals surface area contributed by atoms with Crippen LogP contribution in [0, 0.1) is 6.92 Å². The Labute approximate surface area is 120 Å². The smallest absolute Gasteiger partial charge is 0.238 e.